The molecule has 1 aliphatic rings. The standard InChI is InChI=1S/C18H18N3O6PS/c1-24-12-5-4-10(8-15(12)29-28(3,22)23)16-17(20-21-19-16)11-6-13(25-2)18-14(7-11)26-9-27-18/h4-8H,9H2,1-3H3,(H,22,23)(H,19,20,21)/p-1. The summed E-state index contributed by atoms with van der Waals surface area (Å²) in [4.78, 5) is 12.3. The molecule has 1 atom stereocenters. The second kappa shape index (κ2) is 7.62. The maximum Gasteiger partial charge on any atom is 0.231 e. The maximum absolute atomic E-state index is 11.8. The molecule has 0 bridgehead atoms. The first-order chi connectivity index (χ1) is 13.9. The van der Waals surface area contributed by atoms with E-state index in [4.69, 9.17) is 18.9 Å². The highest BCUT2D eigenvalue weighted by Gasteiger charge is 2.23. The third kappa shape index (κ3) is 3.91. The minimum atomic E-state index is -3.62. The van der Waals surface area contributed by atoms with Crippen LogP contribution in [0.25, 0.3) is 22.5 Å². The van der Waals surface area contributed by atoms with E-state index in [0.29, 0.717) is 50.4 Å². The normalized spacial score (nSPS) is 14.5. The summed E-state index contributed by atoms with van der Waals surface area (Å²) in [6.45, 7) is -2.33. The minimum absolute atomic E-state index is 0.117. The topological polar surface area (TPSA) is 119 Å². The number of aromatic amines is 1. The van der Waals surface area contributed by atoms with Gasteiger partial charge in [0.25, 0.3) is 0 Å². The minimum Gasteiger partial charge on any atom is -0.791 e. The molecule has 2 aromatic carbocycles. The largest absolute Gasteiger partial charge is 0.791 e. The fourth-order valence-electron chi connectivity index (χ4n) is 2.97. The molecule has 0 radical (unpaired) electrons. The summed E-state index contributed by atoms with van der Waals surface area (Å²) >= 11 is 0.747. The SMILES string of the molecule is COc1ccc(-c2n[nH]nc2-c2cc(OC)c3c(c2)OCO3)cc1SP(C)(=O)[O-]. The number of nitrogens with one attached hydrogen (secondary N) is 1. The van der Waals surface area contributed by atoms with E-state index in [0.717, 1.165) is 11.4 Å². The fourth-order valence-corrected chi connectivity index (χ4v) is 5.25. The van der Waals surface area contributed by atoms with Crippen molar-refractivity contribution in [3.8, 4) is 45.5 Å². The van der Waals surface area contributed by atoms with Gasteiger partial charge in [0.1, 0.15) is 17.1 Å². The molecule has 1 N–H and O–H groups in total. The Hall–Kier alpha value is -2.68. The van der Waals surface area contributed by atoms with Crippen LogP contribution in [0.4, 0.5) is 0 Å². The maximum atomic E-state index is 11.8. The van der Waals surface area contributed by atoms with Gasteiger partial charge in [-0.1, -0.05) is 11.4 Å². The number of nitrogens with zero attached hydrogens (tertiary/aromatic N) is 2. The Morgan fingerprint density at radius 3 is 2.48 bits per heavy atom. The number of hydrogen-bond acceptors (Lipinski definition) is 9. The summed E-state index contributed by atoms with van der Waals surface area (Å²) in [5.41, 5.74) is 2.50. The van der Waals surface area contributed by atoms with Crippen molar-refractivity contribution in [3.63, 3.8) is 0 Å². The van der Waals surface area contributed by atoms with Crippen molar-refractivity contribution >= 4 is 18.0 Å². The lowest BCUT2D eigenvalue weighted by atomic mass is 10.0. The van der Waals surface area contributed by atoms with Crippen LogP contribution in [-0.2, 0) is 4.57 Å². The van der Waals surface area contributed by atoms with Crippen molar-refractivity contribution in [3.05, 3.63) is 30.3 Å². The number of fused-ring (bicyclic) bond motifs is 1. The number of rotatable bonds is 6. The molecule has 0 fully saturated rings. The molecule has 2 heterocycles. The van der Waals surface area contributed by atoms with Crippen LogP contribution in [0.15, 0.2) is 35.2 Å². The van der Waals surface area contributed by atoms with Gasteiger partial charge in [0.15, 0.2) is 11.5 Å². The van der Waals surface area contributed by atoms with Crippen LogP contribution in [0.1, 0.15) is 0 Å². The van der Waals surface area contributed by atoms with Crippen LogP contribution in [0, 0.1) is 0 Å². The molecule has 29 heavy (non-hydrogen) atoms. The number of ether oxygens (including phenoxy) is 4. The molecule has 3 aromatic rings. The monoisotopic (exact) mass is 434 g/mol. The van der Waals surface area contributed by atoms with E-state index in [9.17, 15) is 9.46 Å². The first kappa shape index (κ1) is 19.6. The average molecular weight is 434 g/mol. The zero-order valence-corrected chi connectivity index (χ0v) is 17.5. The van der Waals surface area contributed by atoms with Crippen molar-refractivity contribution in [2.75, 3.05) is 27.7 Å². The Kier molecular flexibility index (Phi) is 5.16. The average Bonchev–Trinajstić information content (AvgIpc) is 3.35. The zero-order chi connectivity index (χ0) is 20.6. The molecule has 0 saturated heterocycles. The first-order valence-corrected chi connectivity index (χ1v) is 11.9. The molecule has 1 unspecified atom stereocenters. The molecule has 1 aromatic heterocycles. The van der Waals surface area contributed by atoms with Gasteiger partial charge in [0, 0.05) is 11.1 Å². The van der Waals surface area contributed by atoms with Crippen LogP contribution in [0.3, 0.4) is 0 Å². The van der Waals surface area contributed by atoms with E-state index in [1.165, 1.54) is 13.8 Å². The molecule has 0 spiro atoms. The van der Waals surface area contributed by atoms with Gasteiger partial charge in [-0.25, -0.2) is 0 Å². The van der Waals surface area contributed by atoms with Crippen LogP contribution in [0.2, 0.25) is 0 Å². The molecule has 152 valence electrons. The highest BCUT2D eigenvalue weighted by atomic mass is 32.7. The molecular formula is C18H17N3O6PS-. The highest BCUT2D eigenvalue weighted by Crippen LogP contribution is 2.54. The smallest absolute Gasteiger partial charge is 0.231 e. The zero-order valence-electron chi connectivity index (χ0n) is 15.8. The first-order valence-electron chi connectivity index (χ1n) is 8.45. The summed E-state index contributed by atoms with van der Waals surface area (Å²) in [6.07, 6.45) is 0. The van der Waals surface area contributed by atoms with Gasteiger partial charge < -0.3 is 28.4 Å². The van der Waals surface area contributed by atoms with Crippen LogP contribution < -0.4 is 23.8 Å². The van der Waals surface area contributed by atoms with Crippen molar-refractivity contribution in [1.29, 1.82) is 0 Å². The summed E-state index contributed by atoms with van der Waals surface area (Å²) < 4.78 is 33.4. The van der Waals surface area contributed by atoms with E-state index in [1.807, 2.05) is 0 Å². The molecule has 0 amide bonds. The number of aromatic nitrogens is 3. The van der Waals surface area contributed by atoms with E-state index in [2.05, 4.69) is 15.4 Å². The third-order valence-corrected chi connectivity index (χ3v) is 6.61. The second-order valence-corrected chi connectivity index (χ2v) is 10.9. The summed E-state index contributed by atoms with van der Waals surface area (Å²) in [5.74, 6) is 2.08. The predicted octanol–water partition coefficient (Wildman–Crippen LogP) is 3.16. The van der Waals surface area contributed by atoms with Gasteiger partial charge in [-0.05, 0) is 37.0 Å². The Morgan fingerprint density at radius 1 is 1.07 bits per heavy atom. The van der Waals surface area contributed by atoms with Crippen LogP contribution in [0.5, 0.6) is 23.0 Å². The lowest BCUT2D eigenvalue weighted by Gasteiger charge is -2.18. The molecule has 0 aliphatic carbocycles. The van der Waals surface area contributed by atoms with E-state index in [-0.39, 0.29) is 6.79 Å². The fraction of sp³-hybridized carbons (Fsp3) is 0.222. The Bertz CT molecular complexity index is 1110. The lowest BCUT2D eigenvalue weighted by molar-refractivity contribution is -0.166. The summed E-state index contributed by atoms with van der Waals surface area (Å²) in [6, 6.07) is 8.78. The lowest BCUT2D eigenvalue weighted by Crippen LogP contribution is -1.95. The van der Waals surface area contributed by atoms with Crippen molar-refractivity contribution in [2.24, 2.45) is 0 Å². The van der Waals surface area contributed by atoms with E-state index >= 15 is 0 Å². The van der Waals surface area contributed by atoms with Crippen LogP contribution in [-0.4, -0.2) is 43.1 Å². The van der Waals surface area contributed by atoms with E-state index < -0.39 is 6.57 Å². The predicted molar refractivity (Wildman–Crippen MR) is 106 cm³/mol. The third-order valence-electron chi connectivity index (χ3n) is 4.18. The van der Waals surface area contributed by atoms with Crippen LogP contribution >= 0.6 is 18.0 Å². The quantitative estimate of drug-likeness (QED) is 0.584. The van der Waals surface area contributed by atoms with Gasteiger partial charge in [-0.3, -0.25) is 0 Å². The van der Waals surface area contributed by atoms with Gasteiger partial charge in [0.05, 0.1) is 25.7 Å². The molecule has 1 aliphatic heterocycles. The molecule has 11 heteroatoms. The molecular weight excluding hydrogens is 417 g/mol. The number of hydrogen-bond donors (Lipinski definition) is 1. The summed E-state index contributed by atoms with van der Waals surface area (Å²) in [5, 5.41) is 11.2. The Morgan fingerprint density at radius 2 is 1.79 bits per heavy atom. The van der Waals surface area contributed by atoms with Crippen molar-refractivity contribution < 1.29 is 28.4 Å². The molecule has 4 rings (SSSR count). The number of methoxy groups -OCH3 is 2. The molecule has 0 saturated carbocycles. The number of benzene rings is 2. The highest BCUT2D eigenvalue weighted by molar-refractivity contribution is 8.55. The summed E-state index contributed by atoms with van der Waals surface area (Å²) in [7, 11) is 3.04. The van der Waals surface area contributed by atoms with Gasteiger partial charge >= 0.3 is 0 Å². The van der Waals surface area contributed by atoms with Gasteiger partial charge in [-0.15, -0.1) is 0 Å². The van der Waals surface area contributed by atoms with Crippen molar-refractivity contribution in [1.82, 2.24) is 15.4 Å². The second-order valence-electron chi connectivity index (χ2n) is 6.16. The molecule has 9 nitrogen and oxygen atoms in total. The van der Waals surface area contributed by atoms with Gasteiger partial charge in [0.2, 0.25) is 12.5 Å². The van der Waals surface area contributed by atoms with Crippen molar-refractivity contribution in [2.45, 2.75) is 4.90 Å². The number of H-pyrrole nitrogens is 1. The van der Waals surface area contributed by atoms with Gasteiger partial charge in [-0.2, -0.15) is 15.4 Å². The Labute approximate surface area is 170 Å². The van der Waals surface area contributed by atoms with E-state index in [1.54, 1.807) is 37.4 Å². The Balaban J connectivity index is 1.80.